The van der Waals surface area contributed by atoms with Crippen LogP contribution >= 0.6 is 0 Å². The highest BCUT2D eigenvalue weighted by atomic mass is 19.1. The molecule has 0 aliphatic rings. The van der Waals surface area contributed by atoms with Gasteiger partial charge in [-0.2, -0.15) is 5.26 Å². The van der Waals surface area contributed by atoms with E-state index in [4.69, 9.17) is 10.00 Å². The van der Waals surface area contributed by atoms with Crippen molar-refractivity contribution >= 4 is 5.69 Å². The minimum Gasteiger partial charge on any atom is -0.382 e. The number of methoxy groups -OCH3 is 1. The third-order valence-electron chi connectivity index (χ3n) is 2.08. The van der Waals surface area contributed by atoms with E-state index in [0.29, 0.717) is 17.9 Å². The number of nitriles is 1. The molecule has 0 aliphatic heterocycles. The SMILES string of the molecule is COCC(C)(C)Nc1ccc(F)cc1C#N. The van der Waals surface area contributed by atoms with Crippen LogP contribution in [0.5, 0.6) is 0 Å². The number of halogens is 1. The van der Waals surface area contributed by atoms with Crippen molar-refractivity contribution in [2.45, 2.75) is 19.4 Å². The van der Waals surface area contributed by atoms with Crippen molar-refractivity contribution < 1.29 is 9.13 Å². The van der Waals surface area contributed by atoms with E-state index in [-0.39, 0.29) is 5.54 Å². The standard InChI is InChI=1S/C12H15FN2O/c1-12(2,8-16-3)15-11-5-4-10(13)6-9(11)7-14/h4-6,15H,8H2,1-3H3. The molecule has 0 heterocycles. The van der Waals surface area contributed by atoms with Gasteiger partial charge >= 0.3 is 0 Å². The van der Waals surface area contributed by atoms with Gasteiger partial charge in [-0.1, -0.05) is 0 Å². The van der Waals surface area contributed by atoms with Crippen molar-refractivity contribution in [1.82, 2.24) is 0 Å². The molecule has 0 fully saturated rings. The fraction of sp³-hybridized carbons (Fsp3) is 0.417. The number of hydrogen-bond donors (Lipinski definition) is 1. The Hall–Kier alpha value is -1.60. The largest absolute Gasteiger partial charge is 0.382 e. The quantitative estimate of drug-likeness (QED) is 0.851. The molecule has 0 bridgehead atoms. The second-order valence-corrected chi connectivity index (χ2v) is 4.24. The number of rotatable bonds is 4. The lowest BCUT2D eigenvalue weighted by molar-refractivity contribution is 0.158. The third kappa shape index (κ3) is 3.21. The van der Waals surface area contributed by atoms with Crippen molar-refractivity contribution in [1.29, 1.82) is 5.26 Å². The van der Waals surface area contributed by atoms with Crippen molar-refractivity contribution in [3.63, 3.8) is 0 Å². The first-order valence-electron chi connectivity index (χ1n) is 4.95. The fourth-order valence-electron chi connectivity index (χ4n) is 1.48. The normalized spacial score (nSPS) is 10.9. The minimum absolute atomic E-state index is 0.296. The summed E-state index contributed by atoms with van der Waals surface area (Å²) in [4.78, 5) is 0. The van der Waals surface area contributed by atoms with E-state index < -0.39 is 5.82 Å². The minimum atomic E-state index is -0.411. The molecule has 86 valence electrons. The average Bonchev–Trinajstić information content (AvgIpc) is 2.20. The Morgan fingerprint density at radius 1 is 1.50 bits per heavy atom. The van der Waals surface area contributed by atoms with Crippen LogP contribution in [-0.4, -0.2) is 19.3 Å². The number of nitrogens with zero attached hydrogens (tertiary/aromatic N) is 1. The summed E-state index contributed by atoms with van der Waals surface area (Å²) in [7, 11) is 1.61. The lowest BCUT2D eigenvalue weighted by Crippen LogP contribution is -2.36. The molecule has 3 nitrogen and oxygen atoms in total. The van der Waals surface area contributed by atoms with E-state index >= 15 is 0 Å². The van der Waals surface area contributed by atoms with Crippen molar-refractivity contribution in [3.8, 4) is 6.07 Å². The van der Waals surface area contributed by atoms with Crippen LogP contribution in [0.15, 0.2) is 18.2 Å². The van der Waals surface area contributed by atoms with Gasteiger partial charge < -0.3 is 10.1 Å². The van der Waals surface area contributed by atoms with E-state index in [9.17, 15) is 4.39 Å². The highest BCUT2D eigenvalue weighted by Crippen LogP contribution is 2.20. The Balaban J connectivity index is 2.93. The van der Waals surface area contributed by atoms with Gasteiger partial charge in [-0.3, -0.25) is 0 Å². The number of nitrogens with one attached hydrogen (secondary N) is 1. The molecule has 0 atom stereocenters. The summed E-state index contributed by atoms with van der Waals surface area (Å²) in [5.41, 5.74) is 0.605. The molecule has 0 aromatic heterocycles. The van der Waals surface area contributed by atoms with Gasteiger partial charge in [-0.25, -0.2) is 4.39 Å². The molecular weight excluding hydrogens is 207 g/mol. The number of ether oxygens (including phenoxy) is 1. The van der Waals surface area contributed by atoms with Gasteiger partial charge in [0.15, 0.2) is 0 Å². The summed E-state index contributed by atoms with van der Waals surface area (Å²) in [6, 6.07) is 6.06. The average molecular weight is 222 g/mol. The smallest absolute Gasteiger partial charge is 0.124 e. The zero-order valence-electron chi connectivity index (χ0n) is 9.67. The van der Waals surface area contributed by atoms with Crippen LogP contribution < -0.4 is 5.32 Å². The second kappa shape index (κ2) is 4.95. The molecule has 0 amide bonds. The monoisotopic (exact) mass is 222 g/mol. The van der Waals surface area contributed by atoms with Crippen molar-refractivity contribution in [3.05, 3.63) is 29.6 Å². The Bertz CT molecular complexity index is 410. The molecule has 1 N–H and O–H groups in total. The summed E-state index contributed by atoms with van der Waals surface area (Å²) in [6.07, 6.45) is 0. The first kappa shape index (κ1) is 12.5. The second-order valence-electron chi connectivity index (χ2n) is 4.24. The summed E-state index contributed by atoms with van der Waals surface area (Å²) in [5, 5.41) is 12.0. The van der Waals surface area contributed by atoms with Crippen LogP contribution in [0.25, 0.3) is 0 Å². The molecule has 1 aromatic rings. The van der Waals surface area contributed by atoms with Crippen molar-refractivity contribution in [2.24, 2.45) is 0 Å². The van der Waals surface area contributed by atoms with E-state index in [1.54, 1.807) is 13.2 Å². The Morgan fingerprint density at radius 2 is 2.19 bits per heavy atom. The predicted octanol–water partition coefficient (Wildman–Crippen LogP) is 2.53. The van der Waals surface area contributed by atoms with Crippen LogP contribution in [0, 0.1) is 17.1 Å². The Kier molecular flexibility index (Phi) is 3.86. The Labute approximate surface area is 94.8 Å². The fourth-order valence-corrected chi connectivity index (χ4v) is 1.48. The van der Waals surface area contributed by atoms with Crippen LogP contribution in [0.1, 0.15) is 19.4 Å². The number of benzene rings is 1. The Morgan fingerprint density at radius 3 is 2.75 bits per heavy atom. The molecule has 0 aliphatic carbocycles. The lowest BCUT2D eigenvalue weighted by Gasteiger charge is -2.27. The maximum absolute atomic E-state index is 12.9. The first-order valence-corrected chi connectivity index (χ1v) is 4.95. The van der Waals surface area contributed by atoms with Crippen LogP contribution in [0.2, 0.25) is 0 Å². The van der Waals surface area contributed by atoms with Gasteiger partial charge in [-0.15, -0.1) is 0 Å². The van der Waals surface area contributed by atoms with Crippen LogP contribution in [-0.2, 0) is 4.74 Å². The predicted molar refractivity (Wildman–Crippen MR) is 60.7 cm³/mol. The molecule has 4 heteroatoms. The summed E-state index contributed by atoms with van der Waals surface area (Å²) < 4.78 is 18.0. The van der Waals surface area contributed by atoms with Crippen molar-refractivity contribution in [2.75, 3.05) is 19.0 Å². The molecule has 16 heavy (non-hydrogen) atoms. The van der Waals surface area contributed by atoms with E-state index in [2.05, 4.69) is 5.32 Å². The lowest BCUT2D eigenvalue weighted by atomic mass is 10.1. The molecule has 0 saturated heterocycles. The van der Waals surface area contributed by atoms with E-state index in [1.165, 1.54) is 12.1 Å². The maximum atomic E-state index is 12.9. The highest BCUT2D eigenvalue weighted by Gasteiger charge is 2.18. The first-order chi connectivity index (χ1) is 7.48. The zero-order valence-corrected chi connectivity index (χ0v) is 9.67. The van der Waals surface area contributed by atoms with E-state index in [0.717, 1.165) is 0 Å². The molecule has 0 saturated carbocycles. The summed E-state index contributed by atoms with van der Waals surface area (Å²) in [6.45, 7) is 4.39. The van der Waals surface area contributed by atoms with E-state index in [1.807, 2.05) is 19.9 Å². The van der Waals surface area contributed by atoms with Crippen LogP contribution in [0.4, 0.5) is 10.1 Å². The molecule has 1 aromatic carbocycles. The van der Waals surface area contributed by atoms with Gasteiger partial charge in [-0.05, 0) is 32.0 Å². The van der Waals surface area contributed by atoms with Crippen LogP contribution in [0.3, 0.4) is 0 Å². The molecule has 1 rings (SSSR count). The summed E-state index contributed by atoms with van der Waals surface area (Å²) >= 11 is 0. The molecule has 0 radical (unpaired) electrons. The molecular formula is C12H15FN2O. The molecule has 0 unspecified atom stereocenters. The van der Waals surface area contributed by atoms with Gasteiger partial charge in [0.2, 0.25) is 0 Å². The van der Waals surface area contributed by atoms with Gasteiger partial charge in [0.1, 0.15) is 11.9 Å². The van der Waals surface area contributed by atoms with Gasteiger partial charge in [0, 0.05) is 7.11 Å². The topological polar surface area (TPSA) is 45.0 Å². The maximum Gasteiger partial charge on any atom is 0.124 e. The van der Waals surface area contributed by atoms with Gasteiger partial charge in [0.05, 0.1) is 23.4 Å². The van der Waals surface area contributed by atoms with Gasteiger partial charge in [0.25, 0.3) is 0 Å². The zero-order chi connectivity index (χ0) is 12.2. The number of anilines is 1. The molecule has 0 spiro atoms. The number of hydrogen-bond acceptors (Lipinski definition) is 3. The highest BCUT2D eigenvalue weighted by molar-refractivity contribution is 5.58. The summed E-state index contributed by atoms with van der Waals surface area (Å²) in [5.74, 6) is -0.411. The third-order valence-corrected chi connectivity index (χ3v) is 2.08.